The average molecular weight is 450 g/mol. The molecule has 1 aliphatic rings. The first-order valence-corrected chi connectivity index (χ1v) is 9.26. The molecule has 0 amide bonds. The van der Waals surface area contributed by atoms with Crippen molar-refractivity contribution in [3.05, 3.63) is 39.7 Å². The number of hydrogen-bond acceptors (Lipinski definition) is 5. The predicted molar refractivity (Wildman–Crippen MR) is 105 cm³/mol. The fraction of sp³-hybridized carbons (Fsp3) is 0.333. The third kappa shape index (κ3) is 3.12. The van der Waals surface area contributed by atoms with Crippen molar-refractivity contribution in [2.24, 2.45) is 0 Å². The number of nitrogens with zero attached hydrogens (tertiary/aromatic N) is 3. The summed E-state index contributed by atoms with van der Waals surface area (Å²) in [6.45, 7) is 0.615. The van der Waals surface area contributed by atoms with Gasteiger partial charge in [0, 0.05) is 24.4 Å². The Kier molecular flexibility index (Phi) is 4.41. The molecule has 0 atom stereocenters. The second kappa shape index (κ2) is 6.70. The van der Waals surface area contributed by atoms with Gasteiger partial charge in [0.2, 0.25) is 0 Å². The molecule has 4 rings (SSSR count). The van der Waals surface area contributed by atoms with E-state index in [1.54, 1.807) is 14.2 Å². The van der Waals surface area contributed by atoms with Gasteiger partial charge in [-0.15, -0.1) is 0 Å². The minimum absolute atomic E-state index is 0.544. The number of aromatic nitrogens is 3. The maximum absolute atomic E-state index is 5.47. The van der Waals surface area contributed by atoms with Crippen LogP contribution < -0.4 is 14.8 Å². The highest BCUT2D eigenvalue weighted by Gasteiger charge is 2.27. The van der Waals surface area contributed by atoms with E-state index in [2.05, 4.69) is 37.6 Å². The Labute approximate surface area is 159 Å². The summed E-state index contributed by atoms with van der Waals surface area (Å²) in [6.07, 6.45) is 4.26. The second-order valence-corrected chi connectivity index (χ2v) is 7.07. The largest absolute Gasteiger partial charge is 0.497 e. The fourth-order valence-electron chi connectivity index (χ4n) is 2.95. The average Bonchev–Trinajstić information content (AvgIpc) is 3.43. The van der Waals surface area contributed by atoms with Crippen molar-refractivity contribution in [2.75, 3.05) is 19.5 Å². The summed E-state index contributed by atoms with van der Waals surface area (Å²) in [6, 6.07) is 8.41. The number of anilines is 1. The van der Waals surface area contributed by atoms with Gasteiger partial charge in [-0.3, -0.25) is 4.68 Å². The number of hydrogen-bond donors (Lipinski definition) is 1. The molecule has 0 bridgehead atoms. The van der Waals surface area contributed by atoms with Crippen LogP contribution in [0.15, 0.2) is 30.5 Å². The number of benzene rings is 1. The molecule has 2 heterocycles. The molecule has 7 heteroatoms. The first kappa shape index (κ1) is 16.4. The number of ether oxygens (including phenoxy) is 2. The molecule has 0 aliphatic heterocycles. The lowest BCUT2D eigenvalue weighted by Crippen LogP contribution is -2.04. The monoisotopic (exact) mass is 450 g/mol. The molecule has 1 aromatic carbocycles. The van der Waals surface area contributed by atoms with E-state index in [-0.39, 0.29) is 0 Å². The van der Waals surface area contributed by atoms with Gasteiger partial charge in [-0.25, -0.2) is 4.98 Å². The maximum Gasteiger partial charge on any atom is 0.138 e. The molecule has 0 spiro atoms. The van der Waals surface area contributed by atoms with Crippen molar-refractivity contribution in [1.82, 2.24) is 14.8 Å². The Balaban J connectivity index is 1.63. The zero-order valence-electron chi connectivity index (χ0n) is 14.1. The van der Waals surface area contributed by atoms with Crippen LogP contribution in [0.25, 0.3) is 10.9 Å². The number of pyridine rings is 1. The van der Waals surface area contributed by atoms with Gasteiger partial charge in [0.1, 0.15) is 21.0 Å². The van der Waals surface area contributed by atoms with Crippen molar-refractivity contribution in [1.29, 1.82) is 0 Å². The van der Waals surface area contributed by atoms with Crippen LogP contribution in [0.1, 0.15) is 24.4 Å². The van der Waals surface area contributed by atoms with Crippen LogP contribution in [0.2, 0.25) is 0 Å². The van der Waals surface area contributed by atoms with Gasteiger partial charge in [-0.2, -0.15) is 5.10 Å². The third-order valence-corrected chi connectivity index (χ3v) is 5.17. The maximum atomic E-state index is 5.47. The van der Waals surface area contributed by atoms with Crippen LogP contribution in [-0.4, -0.2) is 29.0 Å². The lowest BCUT2D eigenvalue weighted by atomic mass is 10.2. The molecule has 0 saturated heterocycles. The van der Waals surface area contributed by atoms with Crippen molar-refractivity contribution < 1.29 is 9.47 Å². The Bertz CT molecular complexity index is 921. The molecule has 1 aliphatic carbocycles. The zero-order chi connectivity index (χ0) is 17.4. The molecule has 0 radical (unpaired) electrons. The van der Waals surface area contributed by atoms with Gasteiger partial charge in [-0.1, -0.05) is 0 Å². The highest BCUT2D eigenvalue weighted by atomic mass is 127. The Morgan fingerprint density at radius 1 is 1.24 bits per heavy atom. The molecular formula is C18H19IN4O2. The normalized spacial score (nSPS) is 13.9. The molecular weight excluding hydrogens is 431 g/mol. The van der Waals surface area contributed by atoms with Gasteiger partial charge >= 0.3 is 0 Å². The quantitative estimate of drug-likeness (QED) is 0.576. The van der Waals surface area contributed by atoms with Gasteiger partial charge in [-0.05, 0) is 53.6 Å². The highest BCUT2D eigenvalue weighted by Crippen LogP contribution is 2.39. The molecule has 0 unspecified atom stereocenters. The first-order chi connectivity index (χ1) is 12.2. The van der Waals surface area contributed by atoms with Crippen LogP contribution in [0.5, 0.6) is 11.5 Å². The molecule has 25 heavy (non-hydrogen) atoms. The minimum Gasteiger partial charge on any atom is -0.497 e. The minimum atomic E-state index is 0.544. The third-order valence-electron chi connectivity index (χ3n) is 4.41. The van der Waals surface area contributed by atoms with E-state index in [1.165, 1.54) is 12.8 Å². The molecule has 1 saturated carbocycles. The number of nitrogens with one attached hydrogen (secondary N) is 1. The number of rotatable bonds is 6. The van der Waals surface area contributed by atoms with Gasteiger partial charge in [0.15, 0.2) is 0 Å². The van der Waals surface area contributed by atoms with E-state index >= 15 is 0 Å². The van der Waals surface area contributed by atoms with Gasteiger partial charge < -0.3 is 14.8 Å². The summed E-state index contributed by atoms with van der Waals surface area (Å²) in [7, 11) is 3.32. The van der Waals surface area contributed by atoms with Crippen LogP contribution >= 0.6 is 22.6 Å². The van der Waals surface area contributed by atoms with Crippen molar-refractivity contribution >= 4 is 39.3 Å². The number of halogens is 1. The van der Waals surface area contributed by atoms with E-state index < -0.39 is 0 Å². The number of fused-ring (bicyclic) bond motifs is 1. The topological polar surface area (TPSA) is 61.2 Å². The Morgan fingerprint density at radius 2 is 2.08 bits per heavy atom. The Morgan fingerprint density at radius 3 is 2.80 bits per heavy atom. The zero-order valence-corrected chi connectivity index (χ0v) is 16.3. The van der Waals surface area contributed by atoms with Gasteiger partial charge in [0.05, 0.1) is 31.2 Å². The summed E-state index contributed by atoms with van der Waals surface area (Å²) in [5.41, 5.74) is 2.19. The lowest BCUT2D eigenvalue weighted by Gasteiger charge is -2.12. The highest BCUT2D eigenvalue weighted by molar-refractivity contribution is 14.1. The summed E-state index contributed by atoms with van der Waals surface area (Å²) < 4.78 is 13.8. The lowest BCUT2D eigenvalue weighted by molar-refractivity contribution is 0.391. The molecule has 130 valence electrons. The molecule has 1 fully saturated rings. The smallest absolute Gasteiger partial charge is 0.138 e. The molecule has 6 nitrogen and oxygen atoms in total. The van der Waals surface area contributed by atoms with E-state index in [0.717, 1.165) is 37.5 Å². The van der Waals surface area contributed by atoms with E-state index in [1.807, 2.05) is 30.5 Å². The molecule has 3 aromatic rings. The SMILES string of the molecule is COc1ccc(CNc2nccc3c2c(I)nn3C2CC2)c(OC)c1. The molecule has 2 aromatic heterocycles. The first-order valence-electron chi connectivity index (χ1n) is 8.18. The van der Waals surface area contributed by atoms with Crippen LogP contribution in [0, 0.1) is 3.70 Å². The van der Waals surface area contributed by atoms with E-state index in [0.29, 0.717) is 12.6 Å². The Hall–Kier alpha value is -2.03. The fourth-order valence-corrected chi connectivity index (χ4v) is 3.72. The summed E-state index contributed by atoms with van der Waals surface area (Å²) in [4.78, 5) is 4.53. The van der Waals surface area contributed by atoms with Crippen LogP contribution in [-0.2, 0) is 6.54 Å². The second-order valence-electron chi connectivity index (χ2n) is 6.05. The van der Waals surface area contributed by atoms with Crippen LogP contribution in [0.4, 0.5) is 5.82 Å². The van der Waals surface area contributed by atoms with Crippen molar-refractivity contribution in [3.8, 4) is 11.5 Å². The standard InChI is InChI=1S/C18H19IN4O2/c1-24-13-6-3-11(15(9-13)25-2)10-21-18-16-14(7-8-20-18)23(12-4-5-12)22-17(16)19/h3,6-9,12H,4-5,10H2,1-2H3,(H,20,21). The van der Waals surface area contributed by atoms with Crippen molar-refractivity contribution in [3.63, 3.8) is 0 Å². The van der Waals surface area contributed by atoms with Crippen molar-refractivity contribution in [2.45, 2.75) is 25.4 Å². The summed E-state index contributed by atoms with van der Waals surface area (Å²) >= 11 is 2.29. The summed E-state index contributed by atoms with van der Waals surface area (Å²) in [5, 5.41) is 9.23. The van der Waals surface area contributed by atoms with E-state index in [4.69, 9.17) is 14.6 Å². The van der Waals surface area contributed by atoms with E-state index in [9.17, 15) is 0 Å². The number of methoxy groups -OCH3 is 2. The van der Waals surface area contributed by atoms with Crippen LogP contribution in [0.3, 0.4) is 0 Å². The summed E-state index contributed by atoms with van der Waals surface area (Å²) in [5.74, 6) is 2.43. The predicted octanol–water partition coefficient (Wildman–Crippen LogP) is 4.00. The van der Waals surface area contributed by atoms with Gasteiger partial charge in [0.25, 0.3) is 0 Å². The molecule has 1 N–H and O–H groups in total.